The highest BCUT2D eigenvalue weighted by atomic mass is 16.2. The molecule has 102 valence electrons. The van der Waals surface area contributed by atoms with Gasteiger partial charge in [0.05, 0.1) is 5.92 Å². The Balaban J connectivity index is 1.81. The SMILES string of the molecule is Cc1cc(C)nc(NC(=O)C2CNc3ccccc32)n1. The summed E-state index contributed by atoms with van der Waals surface area (Å²) >= 11 is 0. The van der Waals surface area contributed by atoms with Crippen LogP contribution in [0.5, 0.6) is 0 Å². The monoisotopic (exact) mass is 268 g/mol. The van der Waals surface area contributed by atoms with Gasteiger partial charge in [0, 0.05) is 23.6 Å². The van der Waals surface area contributed by atoms with E-state index in [1.165, 1.54) is 0 Å². The zero-order valence-corrected chi connectivity index (χ0v) is 11.5. The molecule has 0 saturated heterocycles. The Hall–Kier alpha value is -2.43. The van der Waals surface area contributed by atoms with Gasteiger partial charge in [0.15, 0.2) is 0 Å². The van der Waals surface area contributed by atoms with Crippen LogP contribution in [0.2, 0.25) is 0 Å². The van der Waals surface area contributed by atoms with Gasteiger partial charge in [-0.3, -0.25) is 10.1 Å². The second-order valence-corrected chi connectivity index (χ2v) is 4.98. The smallest absolute Gasteiger partial charge is 0.236 e. The lowest BCUT2D eigenvalue weighted by Crippen LogP contribution is -2.23. The Labute approximate surface area is 117 Å². The number of carbonyl (C=O) groups is 1. The average molecular weight is 268 g/mol. The fourth-order valence-electron chi connectivity index (χ4n) is 2.50. The highest BCUT2D eigenvalue weighted by Gasteiger charge is 2.28. The van der Waals surface area contributed by atoms with Crippen molar-refractivity contribution in [3.05, 3.63) is 47.3 Å². The Kier molecular flexibility index (Phi) is 3.10. The summed E-state index contributed by atoms with van der Waals surface area (Å²) in [6, 6.07) is 9.73. The maximum Gasteiger partial charge on any atom is 0.236 e. The summed E-state index contributed by atoms with van der Waals surface area (Å²) in [5, 5.41) is 6.04. The number of nitrogens with one attached hydrogen (secondary N) is 2. The standard InChI is InChI=1S/C15H16N4O/c1-9-7-10(2)18-15(17-9)19-14(20)12-8-16-13-6-4-3-5-11(12)13/h3-7,12,16H,8H2,1-2H3,(H,17,18,19,20). The molecule has 2 aromatic rings. The van der Waals surface area contributed by atoms with Crippen LogP contribution in [-0.4, -0.2) is 22.4 Å². The summed E-state index contributed by atoms with van der Waals surface area (Å²) in [6.07, 6.45) is 0. The Morgan fingerprint density at radius 3 is 2.70 bits per heavy atom. The van der Waals surface area contributed by atoms with Gasteiger partial charge in [-0.15, -0.1) is 0 Å². The highest BCUT2D eigenvalue weighted by Crippen LogP contribution is 2.31. The van der Waals surface area contributed by atoms with Gasteiger partial charge < -0.3 is 5.32 Å². The second kappa shape index (κ2) is 4.92. The maximum absolute atomic E-state index is 12.4. The predicted molar refractivity (Wildman–Crippen MR) is 77.8 cm³/mol. The van der Waals surface area contributed by atoms with Gasteiger partial charge in [0.2, 0.25) is 11.9 Å². The van der Waals surface area contributed by atoms with Crippen molar-refractivity contribution in [2.45, 2.75) is 19.8 Å². The van der Waals surface area contributed by atoms with Crippen molar-refractivity contribution in [2.24, 2.45) is 0 Å². The van der Waals surface area contributed by atoms with E-state index in [4.69, 9.17) is 0 Å². The fourth-order valence-corrected chi connectivity index (χ4v) is 2.50. The Morgan fingerprint density at radius 1 is 1.25 bits per heavy atom. The van der Waals surface area contributed by atoms with Crippen LogP contribution >= 0.6 is 0 Å². The van der Waals surface area contributed by atoms with E-state index in [1.807, 2.05) is 44.2 Å². The lowest BCUT2D eigenvalue weighted by atomic mass is 10.0. The van der Waals surface area contributed by atoms with Gasteiger partial charge >= 0.3 is 0 Å². The summed E-state index contributed by atoms with van der Waals surface area (Å²) in [7, 11) is 0. The summed E-state index contributed by atoms with van der Waals surface area (Å²) in [5.74, 6) is 0.0972. The van der Waals surface area contributed by atoms with Crippen LogP contribution < -0.4 is 10.6 Å². The number of carbonyl (C=O) groups excluding carboxylic acids is 1. The molecule has 1 aliphatic rings. The van der Waals surface area contributed by atoms with Gasteiger partial charge in [-0.25, -0.2) is 9.97 Å². The molecule has 0 aliphatic carbocycles. The Morgan fingerprint density at radius 2 is 1.95 bits per heavy atom. The first-order valence-corrected chi connectivity index (χ1v) is 6.59. The molecule has 1 unspecified atom stereocenters. The van der Waals surface area contributed by atoms with E-state index < -0.39 is 0 Å². The third-order valence-electron chi connectivity index (χ3n) is 3.37. The van der Waals surface area contributed by atoms with Gasteiger partial charge in [0.25, 0.3) is 0 Å². The zero-order valence-electron chi connectivity index (χ0n) is 11.5. The average Bonchev–Trinajstić information content (AvgIpc) is 2.81. The number of amides is 1. The molecule has 0 fully saturated rings. The van der Waals surface area contributed by atoms with E-state index in [9.17, 15) is 4.79 Å². The second-order valence-electron chi connectivity index (χ2n) is 4.98. The van der Waals surface area contributed by atoms with Crippen LogP contribution in [0.15, 0.2) is 30.3 Å². The van der Waals surface area contributed by atoms with Gasteiger partial charge in [0.1, 0.15) is 0 Å². The van der Waals surface area contributed by atoms with Crippen molar-refractivity contribution in [3.8, 4) is 0 Å². The zero-order chi connectivity index (χ0) is 14.1. The quantitative estimate of drug-likeness (QED) is 0.876. The van der Waals surface area contributed by atoms with E-state index in [-0.39, 0.29) is 11.8 Å². The van der Waals surface area contributed by atoms with Crippen molar-refractivity contribution >= 4 is 17.5 Å². The first kappa shape index (κ1) is 12.6. The predicted octanol–water partition coefficient (Wildman–Crippen LogP) is 2.24. The van der Waals surface area contributed by atoms with Gasteiger partial charge in [-0.1, -0.05) is 18.2 Å². The summed E-state index contributed by atoms with van der Waals surface area (Å²) in [6.45, 7) is 4.38. The maximum atomic E-state index is 12.4. The molecule has 3 rings (SSSR count). The molecule has 20 heavy (non-hydrogen) atoms. The van der Waals surface area contributed by atoms with E-state index in [0.29, 0.717) is 12.5 Å². The molecule has 2 N–H and O–H groups in total. The van der Waals surface area contributed by atoms with E-state index >= 15 is 0 Å². The minimum atomic E-state index is -0.199. The molecule has 2 heterocycles. The van der Waals surface area contributed by atoms with Crippen molar-refractivity contribution in [2.75, 3.05) is 17.2 Å². The number of anilines is 2. The van der Waals surface area contributed by atoms with Crippen LogP contribution in [0.1, 0.15) is 22.9 Å². The van der Waals surface area contributed by atoms with Gasteiger partial charge in [-0.2, -0.15) is 0 Å². The summed E-state index contributed by atoms with van der Waals surface area (Å²) in [4.78, 5) is 20.8. The molecule has 1 aromatic heterocycles. The number of rotatable bonds is 2. The molecule has 5 heteroatoms. The lowest BCUT2D eigenvalue weighted by Gasteiger charge is -2.10. The van der Waals surface area contributed by atoms with Crippen LogP contribution in [-0.2, 0) is 4.79 Å². The highest BCUT2D eigenvalue weighted by molar-refractivity contribution is 5.97. The number of aromatic nitrogens is 2. The molecule has 1 aromatic carbocycles. The summed E-state index contributed by atoms with van der Waals surface area (Å²) < 4.78 is 0. The molecule has 0 saturated carbocycles. The molecule has 0 radical (unpaired) electrons. The first-order chi connectivity index (χ1) is 9.63. The van der Waals surface area contributed by atoms with Crippen molar-refractivity contribution < 1.29 is 4.79 Å². The molecule has 0 bridgehead atoms. The summed E-state index contributed by atoms with van der Waals surface area (Å²) in [5.41, 5.74) is 3.74. The molecule has 1 amide bonds. The van der Waals surface area contributed by atoms with Crippen LogP contribution in [0.4, 0.5) is 11.6 Å². The van der Waals surface area contributed by atoms with Crippen LogP contribution in [0, 0.1) is 13.8 Å². The minimum Gasteiger partial charge on any atom is -0.384 e. The molecular formula is C15H16N4O. The number of benzene rings is 1. The van der Waals surface area contributed by atoms with Crippen molar-refractivity contribution in [1.29, 1.82) is 0 Å². The minimum absolute atomic E-state index is 0.0764. The van der Waals surface area contributed by atoms with E-state index in [0.717, 1.165) is 22.6 Å². The molecule has 5 nitrogen and oxygen atoms in total. The molecule has 1 aliphatic heterocycles. The van der Waals surface area contributed by atoms with E-state index in [2.05, 4.69) is 20.6 Å². The van der Waals surface area contributed by atoms with Crippen molar-refractivity contribution in [3.63, 3.8) is 0 Å². The van der Waals surface area contributed by atoms with Gasteiger partial charge in [-0.05, 0) is 31.5 Å². The number of nitrogens with zero attached hydrogens (tertiary/aromatic N) is 2. The third kappa shape index (κ3) is 2.34. The normalized spacial score (nSPS) is 16.4. The van der Waals surface area contributed by atoms with Crippen molar-refractivity contribution in [1.82, 2.24) is 9.97 Å². The lowest BCUT2D eigenvalue weighted by molar-refractivity contribution is -0.117. The molecule has 0 spiro atoms. The van der Waals surface area contributed by atoms with Crippen LogP contribution in [0.3, 0.4) is 0 Å². The number of para-hydroxylation sites is 1. The van der Waals surface area contributed by atoms with E-state index in [1.54, 1.807) is 0 Å². The van der Waals surface area contributed by atoms with Crippen LogP contribution in [0.25, 0.3) is 0 Å². The third-order valence-corrected chi connectivity index (χ3v) is 3.37. The molecular weight excluding hydrogens is 252 g/mol. The fraction of sp³-hybridized carbons (Fsp3) is 0.267. The topological polar surface area (TPSA) is 66.9 Å². The first-order valence-electron chi connectivity index (χ1n) is 6.59. The Bertz CT molecular complexity index is 648. The number of hydrogen-bond acceptors (Lipinski definition) is 4. The number of fused-ring (bicyclic) bond motifs is 1. The largest absolute Gasteiger partial charge is 0.384 e. The number of hydrogen-bond donors (Lipinski definition) is 2. The molecule has 1 atom stereocenters. The number of aryl methyl sites for hydroxylation is 2.